The van der Waals surface area contributed by atoms with Crippen LogP contribution in [0.25, 0.3) is 10.2 Å². The first-order chi connectivity index (χ1) is 12.7. The second-order valence-electron chi connectivity index (χ2n) is 6.15. The highest BCUT2D eigenvalue weighted by molar-refractivity contribution is 7.18. The fourth-order valence-corrected chi connectivity index (χ4v) is 4.61. The molecule has 2 aromatic carbocycles. The van der Waals surface area contributed by atoms with Crippen LogP contribution in [-0.4, -0.2) is 29.6 Å². The minimum atomic E-state index is -0.131. The molecule has 4 rings (SSSR count). The van der Waals surface area contributed by atoms with Crippen LogP contribution in [0.15, 0.2) is 42.5 Å². The van der Waals surface area contributed by atoms with Gasteiger partial charge in [0.15, 0.2) is 0 Å². The van der Waals surface area contributed by atoms with Gasteiger partial charge < -0.3 is 15.0 Å². The molecule has 0 aliphatic carbocycles. The minimum absolute atomic E-state index is 0.0149. The molecule has 0 saturated carbocycles. The van der Waals surface area contributed by atoms with Gasteiger partial charge in [-0.25, -0.2) is 9.78 Å². The van der Waals surface area contributed by atoms with Crippen LogP contribution in [0.3, 0.4) is 0 Å². The number of likely N-dealkylation sites (tertiary alicyclic amines) is 1. The Morgan fingerprint density at radius 1 is 1.35 bits per heavy atom. The van der Waals surface area contributed by atoms with Gasteiger partial charge in [0.2, 0.25) is 0 Å². The summed E-state index contributed by atoms with van der Waals surface area (Å²) in [6, 6.07) is 13.2. The number of methoxy groups -OCH3 is 1. The SMILES string of the molecule is COc1ccc(NC(=O)N2CCCC2c2nc3ccccc3s2)cc1Cl. The van der Waals surface area contributed by atoms with Crippen LogP contribution in [0.5, 0.6) is 5.75 Å². The van der Waals surface area contributed by atoms with E-state index in [1.54, 1.807) is 36.6 Å². The van der Waals surface area contributed by atoms with Crippen molar-refractivity contribution < 1.29 is 9.53 Å². The lowest BCUT2D eigenvalue weighted by atomic mass is 10.2. The van der Waals surface area contributed by atoms with E-state index < -0.39 is 0 Å². The zero-order valence-corrected chi connectivity index (χ0v) is 15.8. The second-order valence-corrected chi connectivity index (χ2v) is 7.62. The number of hydrogen-bond donors (Lipinski definition) is 1. The van der Waals surface area contributed by atoms with Crippen molar-refractivity contribution in [3.63, 3.8) is 0 Å². The molecule has 1 aliphatic heterocycles. The molecular formula is C19H18ClN3O2S. The predicted octanol–water partition coefficient (Wildman–Crippen LogP) is 5.33. The first kappa shape index (κ1) is 17.1. The van der Waals surface area contributed by atoms with E-state index in [0.717, 1.165) is 34.6 Å². The van der Waals surface area contributed by atoms with Gasteiger partial charge in [-0.3, -0.25) is 0 Å². The van der Waals surface area contributed by atoms with Gasteiger partial charge in [0.25, 0.3) is 0 Å². The first-order valence-corrected chi connectivity index (χ1v) is 9.62. The van der Waals surface area contributed by atoms with Crippen molar-refractivity contribution in [2.45, 2.75) is 18.9 Å². The van der Waals surface area contributed by atoms with Crippen molar-refractivity contribution in [3.05, 3.63) is 52.5 Å². The largest absolute Gasteiger partial charge is 0.495 e. The van der Waals surface area contributed by atoms with Gasteiger partial charge in [0.1, 0.15) is 10.8 Å². The Hall–Kier alpha value is -2.31. The Bertz CT molecular complexity index is 926. The maximum Gasteiger partial charge on any atom is 0.322 e. The number of ether oxygens (including phenoxy) is 1. The van der Waals surface area contributed by atoms with Crippen LogP contribution in [0, 0.1) is 0 Å². The number of rotatable bonds is 3. The molecule has 1 aromatic heterocycles. The Labute approximate surface area is 160 Å². The smallest absolute Gasteiger partial charge is 0.322 e. The highest BCUT2D eigenvalue weighted by Crippen LogP contribution is 2.37. The molecule has 2 amide bonds. The summed E-state index contributed by atoms with van der Waals surface area (Å²) in [7, 11) is 1.56. The molecule has 1 fully saturated rings. The van der Waals surface area contributed by atoms with Crippen molar-refractivity contribution in [2.24, 2.45) is 0 Å². The molecule has 26 heavy (non-hydrogen) atoms. The number of carbonyl (C=O) groups excluding carboxylic acids is 1. The van der Waals surface area contributed by atoms with Crippen molar-refractivity contribution in [3.8, 4) is 5.75 Å². The number of halogens is 1. The van der Waals surface area contributed by atoms with E-state index >= 15 is 0 Å². The van der Waals surface area contributed by atoms with Crippen LogP contribution in [0.1, 0.15) is 23.9 Å². The van der Waals surface area contributed by atoms with E-state index in [1.807, 2.05) is 23.1 Å². The summed E-state index contributed by atoms with van der Waals surface area (Å²) in [6.45, 7) is 0.719. The number of para-hydroxylation sites is 1. The summed E-state index contributed by atoms with van der Waals surface area (Å²) < 4.78 is 6.30. The third kappa shape index (κ3) is 3.22. The molecule has 1 atom stereocenters. The van der Waals surface area contributed by atoms with Crippen LogP contribution in [0.2, 0.25) is 5.02 Å². The summed E-state index contributed by atoms with van der Waals surface area (Å²) in [4.78, 5) is 19.4. The molecule has 134 valence electrons. The predicted molar refractivity (Wildman–Crippen MR) is 105 cm³/mol. The fraction of sp³-hybridized carbons (Fsp3) is 0.263. The minimum Gasteiger partial charge on any atom is -0.495 e. The zero-order chi connectivity index (χ0) is 18.1. The van der Waals surface area contributed by atoms with Crippen LogP contribution >= 0.6 is 22.9 Å². The standard InChI is InChI=1S/C19H18ClN3O2S/c1-25-16-9-8-12(11-13(16)20)21-19(24)23-10-4-6-15(23)18-22-14-5-2-3-7-17(14)26-18/h2-3,5,7-9,11,15H,4,6,10H2,1H3,(H,21,24). The van der Waals surface area contributed by atoms with Crippen molar-refractivity contribution in [1.82, 2.24) is 9.88 Å². The maximum atomic E-state index is 12.8. The number of carbonyl (C=O) groups is 1. The normalized spacial score (nSPS) is 16.8. The number of urea groups is 1. The molecule has 3 aromatic rings. The number of amides is 2. The highest BCUT2D eigenvalue weighted by atomic mass is 35.5. The van der Waals surface area contributed by atoms with Crippen molar-refractivity contribution in [2.75, 3.05) is 19.0 Å². The molecule has 1 aliphatic rings. The number of aromatic nitrogens is 1. The molecule has 0 spiro atoms. The van der Waals surface area contributed by atoms with E-state index in [0.29, 0.717) is 16.5 Å². The van der Waals surface area contributed by atoms with Gasteiger partial charge >= 0.3 is 6.03 Å². The average molecular weight is 388 g/mol. The Morgan fingerprint density at radius 3 is 2.96 bits per heavy atom. The lowest BCUT2D eigenvalue weighted by Gasteiger charge is -2.23. The molecule has 0 radical (unpaired) electrons. The van der Waals surface area contributed by atoms with Gasteiger partial charge in [-0.05, 0) is 43.2 Å². The number of hydrogen-bond acceptors (Lipinski definition) is 4. The fourth-order valence-electron chi connectivity index (χ4n) is 3.24. The van der Waals surface area contributed by atoms with Gasteiger partial charge in [0.05, 0.1) is 28.4 Å². The van der Waals surface area contributed by atoms with Gasteiger partial charge in [-0.1, -0.05) is 23.7 Å². The van der Waals surface area contributed by atoms with Crippen molar-refractivity contribution in [1.29, 1.82) is 0 Å². The van der Waals surface area contributed by atoms with Crippen LogP contribution < -0.4 is 10.1 Å². The van der Waals surface area contributed by atoms with E-state index in [4.69, 9.17) is 21.3 Å². The third-order valence-corrected chi connectivity index (χ3v) is 5.95. The maximum absolute atomic E-state index is 12.8. The highest BCUT2D eigenvalue weighted by Gasteiger charge is 2.32. The zero-order valence-electron chi connectivity index (χ0n) is 14.2. The Morgan fingerprint density at radius 2 is 2.19 bits per heavy atom. The summed E-state index contributed by atoms with van der Waals surface area (Å²) in [5.41, 5.74) is 1.64. The summed E-state index contributed by atoms with van der Waals surface area (Å²) in [6.07, 6.45) is 1.90. The number of benzene rings is 2. The number of nitrogens with zero attached hydrogens (tertiary/aromatic N) is 2. The summed E-state index contributed by atoms with van der Waals surface area (Å²) >= 11 is 7.80. The lowest BCUT2D eigenvalue weighted by Crippen LogP contribution is -2.34. The van der Waals surface area contributed by atoms with Gasteiger partial charge in [-0.15, -0.1) is 11.3 Å². The number of nitrogens with one attached hydrogen (secondary N) is 1. The quantitative estimate of drug-likeness (QED) is 0.661. The van der Waals surface area contributed by atoms with Crippen molar-refractivity contribution >= 4 is 44.9 Å². The van der Waals surface area contributed by atoms with E-state index in [-0.39, 0.29) is 12.1 Å². The van der Waals surface area contributed by atoms with E-state index in [2.05, 4.69) is 11.4 Å². The molecule has 1 N–H and O–H groups in total. The van der Waals surface area contributed by atoms with Crippen LogP contribution in [-0.2, 0) is 0 Å². The third-order valence-electron chi connectivity index (χ3n) is 4.51. The summed E-state index contributed by atoms with van der Waals surface area (Å²) in [5, 5.41) is 4.39. The molecule has 2 heterocycles. The lowest BCUT2D eigenvalue weighted by molar-refractivity contribution is 0.207. The Balaban J connectivity index is 1.54. The first-order valence-electron chi connectivity index (χ1n) is 8.42. The van der Waals surface area contributed by atoms with E-state index in [1.165, 1.54) is 0 Å². The molecule has 7 heteroatoms. The molecule has 1 unspecified atom stereocenters. The number of fused-ring (bicyclic) bond motifs is 1. The molecule has 1 saturated heterocycles. The van der Waals surface area contributed by atoms with Gasteiger partial charge in [-0.2, -0.15) is 0 Å². The van der Waals surface area contributed by atoms with Crippen LogP contribution in [0.4, 0.5) is 10.5 Å². The molecule has 5 nitrogen and oxygen atoms in total. The number of anilines is 1. The average Bonchev–Trinajstić information content (AvgIpc) is 3.28. The van der Waals surface area contributed by atoms with Gasteiger partial charge in [0, 0.05) is 12.2 Å². The summed E-state index contributed by atoms with van der Waals surface area (Å²) in [5.74, 6) is 0.582. The Kier molecular flexibility index (Phi) is 4.70. The second kappa shape index (κ2) is 7.13. The topological polar surface area (TPSA) is 54.5 Å². The number of thiazole rings is 1. The molecular weight excluding hydrogens is 370 g/mol. The molecule has 0 bridgehead atoms. The van der Waals surface area contributed by atoms with E-state index in [9.17, 15) is 4.79 Å². The monoisotopic (exact) mass is 387 g/mol.